The van der Waals surface area contributed by atoms with Gasteiger partial charge in [-0.25, -0.2) is 4.79 Å². The predicted octanol–water partition coefficient (Wildman–Crippen LogP) is 3.50. The van der Waals surface area contributed by atoms with Gasteiger partial charge in [-0.05, 0) is 67.2 Å². The quantitative estimate of drug-likeness (QED) is 0.817. The molecule has 0 bridgehead atoms. The molecule has 4 rings (SSSR count). The van der Waals surface area contributed by atoms with Crippen LogP contribution in [0.5, 0.6) is 0 Å². The lowest BCUT2D eigenvalue weighted by Gasteiger charge is -2.58. The van der Waals surface area contributed by atoms with E-state index in [1.54, 1.807) is 0 Å². The molecule has 162 valence electrons. The van der Waals surface area contributed by atoms with E-state index in [9.17, 15) is 9.90 Å². The molecule has 1 unspecified atom stereocenters. The van der Waals surface area contributed by atoms with E-state index in [0.717, 1.165) is 51.1 Å². The maximum atomic E-state index is 12.2. The molecular formula is C22H36N4O3. The number of piperidine rings is 1. The number of anilines is 1. The van der Waals surface area contributed by atoms with Gasteiger partial charge in [0.05, 0.1) is 12.1 Å². The van der Waals surface area contributed by atoms with Crippen molar-refractivity contribution in [3.63, 3.8) is 0 Å². The summed E-state index contributed by atoms with van der Waals surface area (Å²) in [5.74, 6) is 1.02. The van der Waals surface area contributed by atoms with Crippen LogP contribution in [0.2, 0.25) is 0 Å². The summed E-state index contributed by atoms with van der Waals surface area (Å²) >= 11 is 0. The number of nitrogens with zero attached hydrogens (tertiary/aromatic N) is 4. The van der Waals surface area contributed by atoms with Gasteiger partial charge in [0.1, 0.15) is 5.60 Å². The topological polar surface area (TPSA) is 70.8 Å². The number of carbonyl (C=O) groups is 1. The molecule has 0 aromatic carbocycles. The molecule has 1 N–H and O–H groups in total. The highest BCUT2D eigenvalue weighted by Crippen LogP contribution is 2.54. The highest BCUT2D eigenvalue weighted by atomic mass is 16.6. The number of ether oxygens (including phenoxy) is 1. The fourth-order valence-corrected chi connectivity index (χ4v) is 5.36. The van der Waals surface area contributed by atoms with Crippen LogP contribution in [0.25, 0.3) is 0 Å². The molecule has 1 aromatic rings. The fourth-order valence-electron chi connectivity index (χ4n) is 5.36. The van der Waals surface area contributed by atoms with Crippen molar-refractivity contribution in [3.8, 4) is 0 Å². The molecule has 3 heterocycles. The van der Waals surface area contributed by atoms with E-state index in [4.69, 9.17) is 9.84 Å². The molecule has 1 spiro atoms. The summed E-state index contributed by atoms with van der Waals surface area (Å²) in [7, 11) is 0. The Bertz CT molecular complexity index is 780. The summed E-state index contributed by atoms with van der Waals surface area (Å²) in [5.41, 5.74) is 0.897. The van der Waals surface area contributed by atoms with Gasteiger partial charge in [0.2, 0.25) is 0 Å². The zero-order valence-corrected chi connectivity index (χ0v) is 18.7. The standard InChI is InChI=1S/C22H36N4O3/c1-15-9-18(25-8-7-17(27)12-21(25,5)6)23-26(15)16-10-22(11-16)13-24(14-22)19(28)29-20(2,3)4/h9,16-17,27H,7-8,10-14H2,1-6H3. The van der Waals surface area contributed by atoms with Crippen LogP contribution in [0.1, 0.15) is 72.0 Å². The van der Waals surface area contributed by atoms with Crippen molar-refractivity contribution in [2.45, 2.75) is 90.5 Å². The summed E-state index contributed by atoms with van der Waals surface area (Å²) in [4.78, 5) is 16.4. The van der Waals surface area contributed by atoms with Crippen molar-refractivity contribution in [2.24, 2.45) is 5.41 Å². The molecule has 29 heavy (non-hydrogen) atoms. The predicted molar refractivity (Wildman–Crippen MR) is 112 cm³/mol. The van der Waals surface area contributed by atoms with Crippen LogP contribution >= 0.6 is 0 Å². The van der Waals surface area contributed by atoms with Gasteiger partial charge in [0.15, 0.2) is 5.82 Å². The average molecular weight is 405 g/mol. The molecule has 1 aliphatic carbocycles. The highest BCUT2D eigenvalue weighted by molar-refractivity contribution is 5.69. The summed E-state index contributed by atoms with van der Waals surface area (Å²) < 4.78 is 7.66. The largest absolute Gasteiger partial charge is 0.444 e. The summed E-state index contributed by atoms with van der Waals surface area (Å²) in [6.45, 7) is 14.6. The molecule has 1 amide bonds. The Balaban J connectivity index is 1.36. The molecule has 1 atom stereocenters. The second kappa shape index (κ2) is 6.62. The molecule has 3 fully saturated rings. The van der Waals surface area contributed by atoms with Crippen molar-refractivity contribution < 1.29 is 14.6 Å². The number of hydrogen-bond donors (Lipinski definition) is 1. The van der Waals surface area contributed by atoms with Crippen molar-refractivity contribution >= 4 is 11.9 Å². The number of rotatable bonds is 2. The van der Waals surface area contributed by atoms with Crippen LogP contribution < -0.4 is 4.90 Å². The Morgan fingerprint density at radius 3 is 2.48 bits per heavy atom. The molecule has 0 radical (unpaired) electrons. The first-order chi connectivity index (χ1) is 13.4. The van der Waals surface area contributed by atoms with Crippen LogP contribution in [0.3, 0.4) is 0 Å². The Kier molecular flexibility index (Phi) is 4.68. The average Bonchev–Trinajstić information content (AvgIpc) is 2.82. The molecule has 2 saturated heterocycles. The van der Waals surface area contributed by atoms with Gasteiger partial charge in [-0.1, -0.05) is 0 Å². The third kappa shape index (κ3) is 3.86. The number of aromatic nitrogens is 2. The first kappa shape index (κ1) is 20.5. The third-order valence-electron chi connectivity index (χ3n) is 6.73. The third-order valence-corrected chi connectivity index (χ3v) is 6.73. The van der Waals surface area contributed by atoms with Gasteiger partial charge in [0, 0.05) is 42.3 Å². The Hall–Kier alpha value is -1.76. The highest BCUT2D eigenvalue weighted by Gasteiger charge is 2.55. The normalized spacial score (nSPS) is 26.2. The van der Waals surface area contributed by atoms with Crippen LogP contribution in [0.15, 0.2) is 6.07 Å². The fraction of sp³-hybridized carbons (Fsp3) is 0.818. The minimum absolute atomic E-state index is 0.0913. The number of aliphatic hydroxyl groups excluding tert-OH is 1. The molecular weight excluding hydrogens is 368 g/mol. The molecule has 1 aromatic heterocycles. The maximum Gasteiger partial charge on any atom is 0.410 e. The van der Waals surface area contributed by atoms with E-state index in [2.05, 4.69) is 36.4 Å². The molecule has 7 nitrogen and oxygen atoms in total. The Labute approximate surface area is 174 Å². The first-order valence-electron chi connectivity index (χ1n) is 10.9. The second-order valence-corrected chi connectivity index (χ2v) is 11.1. The number of likely N-dealkylation sites (tertiary alicyclic amines) is 1. The van der Waals surface area contributed by atoms with E-state index in [-0.39, 0.29) is 23.2 Å². The van der Waals surface area contributed by atoms with Gasteiger partial charge in [-0.3, -0.25) is 4.68 Å². The SMILES string of the molecule is Cc1cc(N2CCC(O)CC2(C)C)nn1C1CC2(C1)CN(C(=O)OC(C)(C)C)C2. The molecule has 3 aliphatic rings. The van der Waals surface area contributed by atoms with E-state index in [1.165, 1.54) is 5.69 Å². The number of aliphatic hydroxyl groups is 1. The van der Waals surface area contributed by atoms with Crippen molar-refractivity contribution in [3.05, 3.63) is 11.8 Å². The van der Waals surface area contributed by atoms with Gasteiger partial charge in [-0.15, -0.1) is 0 Å². The van der Waals surface area contributed by atoms with Gasteiger partial charge >= 0.3 is 6.09 Å². The minimum atomic E-state index is -0.442. The monoisotopic (exact) mass is 404 g/mol. The van der Waals surface area contributed by atoms with E-state index >= 15 is 0 Å². The first-order valence-corrected chi connectivity index (χ1v) is 10.9. The van der Waals surface area contributed by atoms with Gasteiger partial charge in [-0.2, -0.15) is 5.10 Å². The van der Waals surface area contributed by atoms with E-state index < -0.39 is 5.60 Å². The van der Waals surface area contributed by atoms with Gasteiger partial charge < -0.3 is 19.6 Å². The molecule has 7 heteroatoms. The lowest BCUT2D eigenvalue weighted by molar-refractivity contribution is -0.0930. The minimum Gasteiger partial charge on any atom is -0.444 e. The lowest BCUT2D eigenvalue weighted by atomic mass is 9.61. The molecule has 1 saturated carbocycles. The Morgan fingerprint density at radius 2 is 1.90 bits per heavy atom. The Morgan fingerprint density at radius 1 is 1.24 bits per heavy atom. The van der Waals surface area contributed by atoms with Crippen molar-refractivity contribution in [1.82, 2.24) is 14.7 Å². The van der Waals surface area contributed by atoms with Gasteiger partial charge in [0.25, 0.3) is 0 Å². The van der Waals surface area contributed by atoms with Crippen LogP contribution in [0.4, 0.5) is 10.6 Å². The summed E-state index contributed by atoms with van der Waals surface area (Å²) in [6.07, 6.45) is 3.28. The summed E-state index contributed by atoms with van der Waals surface area (Å²) in [5, 5.41) is 15.0. The summed E-state index contributed by atoms with van der Waals surface area (Å²) in [6, 6.07) is 2.58. The number of aryl methyl sites for hydroxylation is 1. The van der Waals surface area contributed by atoms with E-state index in [1.807, 2.05) is 25.7 Å². The number of amides is 1. The van der Waals surface area contributed by atoms with Crippen molar-refractivity contribution in [2.75, 3.05) is 24.5 Å². The lowest BCUT2D eigenvalue weighted by Crippen LogP contribution is -2.64. The number of carbonyl (C=O) groups excluding carboxylic acids is 1. The van der Waals surface area contributed by atoms with Crippen LogP contribution in [0, 0.1) is 12.3 Å². The number of hydrogen-bond acceptors (Lipinski definition) is 5. The maximum absolute atomic E-state index is 12.2. The second-order valence-electron chi connectivity index (χ2n) is 11.1. The zero-order chi connectivity index (χ0) is 21.2. The zero-order valence-electron chi connectivity index (χ0n) is 18.7. The smallest absolute Gasteiger partial charge is 0.410 e. The van der Waals surface area contributed by atoms with Crippen LogP contribution in [-0.4, -0.2) is 62.8 Å². The van der Waals surface area contributed by atoms with Crippen LogP contribution in [-0.2, 0) is 4.74 Å². The van der Waals surface area contributed by atoms with Crippen molar-refractivity contribution in [1.29, 1.82) is 0 Å². The van der Waals surface area contributed by atoms with E-state index in [0.29, 0.717) is 6.04 Å². The molecule has 2 aliphatic heterocycles.